The van der Waals surface area contributed by atoms with Crippen LogP contribution in [0.25, 0.3) is 0 Å². The lowest BCUT2D eigenvalue weighted by atomic mass is 9.77. The molecule has 1 fully saturated rings. The highest BCUT2D eigenvalue weighted by Gasteiger charge is 2.37. The molecule has 0 saturated heterocycles. The zero-order chi connectivity index (χ0) is 18.7. The maximum absolute atomic E-state index is 11.9. The monoisotopic (exact) mass is 380 g/mol. The van der Waals surface area contributed by atoms with Crippen molar-refractivity contribution >= 4 is 18.3 Å². The summed E-state index contributed by atoms with van der Waals surface area (Å²) < 4.78 is 49.7. The van der Waals surface area contributed by atoms with Gasteiger partial charge in [-0.25, -0.2) is 4.79 Å². The number of halogens is 3. The molecule has 9 heteroatoms. The fourth-order valence-corrected chi connectivity index (χ4v) is 3.51. The van der Waals surface area contributed by atoms with Gasteiger partial charge in [-0.15, -0.1) is 22.4 Å². The second-order valence-electron chi connectivity index (χ2n) is 6.43. The Morgan fingerprint density at radius 3 is 2.60 bits per heavy atom. The Morgan fingerprint density at radius 1 is 1.32 bits per heavy atom. The molecule has 1 aromatic carbocycles. The molecule has 0 aromatic heterocycles. The van der Waals surface area contributed by atoms with Crippen molar-refractivity contribution in [2.24, 2.45) is 5.41 Å². The number of carbonyl (C=O) groups is 1. The molecule has 1 atom stereocenters. The summed E-state index contributed by atoms with van der Waals surface area (Å²) >= 11 is 0.0679. The molecule has 140 valence electrons. The first-order chi connectivity index (χ1) is 11.6. The van der Waals surface area contributed by atoms with Crippen LogP contribution >= 0.6 is 12.3 Å². The lowest BCUT2D eigenvalue weighted by Gasteiger charge is -2.28. The molecule has 0 aliphatic heterocycles. The van der Waals surface area contributed by atoms with Crippen molar-refractivity contribution < 1.29 is 36.1 Å². The summed E-state index contributed by atoms with van der Waals surface area (Å²) in [6, 6.07) is 4.65. The van der Waals surface area contributed by atoms with Gasteiger partial charge < -0.3 is 8.92 Å². The third kappa shape index (κ3) is 5.26. The minimum Gasteiger partial charge on any atom is -0.465 e. The molecular weight excluding hydrogens is 361 g/mol. The Hall–Kier alpha value is -1.45. The van der Waals surface area contributed by atoms with Crippen LogP contribution in [0.5, 0.6) is 5.75 Å². The van der Waals surface area contributed by atoms with Gasteiger partial charge in [-0.1, -0.05) is 20.3 Å². The molecule has 0 N–H and O–H groups in total. The van der Waals surface area contributed by atoms with Gasteiger partial charge in [-0.05, 0) is 42.4 Å². The summed E-state index contributed by atoms with van der Waals surface area (Å²) in [6.45, 7) is 4.21. The zero-order valence-electron chi connectivity index (χ0n) is 14.0. The van der Waals surface area contributed by atoms with Crippen LogP contribution < -0.4 is 4.18 Å². The van der Waals surface area contributed by atoms with Gasteiger partial charge in [0.1, 0.15) is 5.75 Å². The molecule has 0 radical (unpaired) electrons. The fraction of sp³-hybridized carbons (Fsp3) is 0.562. The number of methoxy groups -OCH3 is 1. The standard InChI is InChI=1S/C16H19F3O5S/c1-15(2)8-4-5-12(15)11-9-10(14(20)21-3)6-7-13(11)22-25-24-23-16(17,18)19/h6-7,9,12H,4-5,8H2,1-3H3/t12-/m0/s1. The molecular formula is C16H19F3O5S. The second-order valence-corrected chi connectivity index (χ2v) is 6.86. The Balaban J connectivity index is 2.21. The number of esters is 1. The largest absolute Gasteiger partial charge is 0.550 e. The van der Waals surface area contributed by atoms with Gasteiger partial charge >= 0.3 is 12.3 Å². The van der Waals surface area contributed by atoms with Crippen molar-refractivity contribution in [2.75, 3.05) is 7.11 Å². The van der Waals surface area contributed by atoms with E-state index in [9.17, 15) is 18.0 Å². The molecule has 0 spiro atoms. The van der Waals surface area contributed by atoms with Crippen molar-refractivity contribution in [3.05, 3.63) is 29.3 Å². The molecule has 0 heterocycles. The van der Waals surface area contributed by atoms with Crippen molar-refractivity contribution in [3.63, 3.8) is 0 Å². The first-order valence-electron chi connectivity index (χ1n) is 7.62. The molecule has 1 aliphatic rings. The van der Waals surface area contributed by atoms with Crippen LogP contribution in [0.4, 0.5) is 13.2 Å². The molecule has 1 aliphatic carbocycles. The lowest BCUT2D eigenvalue weighted by molar-refractivity contribution is -0.441. The van der Waals surface area contributed by atoms with Crippen molar-refractivity contribution in [1.29, 1.82) is 0 Å². The van der Waals surface area contributed by atoms with Gasteiger partial charge in [0.2, 0.25) is 0 Å². The number of rotatable bonds is 6. The zero-order valence-corrected chi connectivity index (χ0v) is 14.8. The number of ether oxygens (including phenoxy) is 1. The molecule has 1 aromatic rings. The fourth-order valence-electron chi connectivity index (χ4n) is 3.15. The van der Waals surface area contributed by atoms with E-state index in [1.54, 1.807) is 6.07 Å². The average molecular weight is 380 g/mol. The molecule has 1 saturated carbocycles. The van der Waals surface area contributed by atoms with Crippen molar-refractivity contribution in [2.45, 2.75) is 45.4 Å². The summed E-state index contributed by atoms with van der Waals surface area (Å²) in [5.74, 6) is -0.0763. The SMILES string of the molecule is COC(=O)c1ccc(OSOOC(F)(F)F)c([C@@H]2CCCC2(C)C)c1. The van der Waals surface area contributed by atoms with E-state index in [1.807, 2.05) is 0 Å². The van der Waals surface area contributed by atoms with Gasteiger partial charge in [-0.2, -0.15) is 0 Å². The van der Waals surface area contributed by atoms with Crippen LogP contribution in [0, 0.1) is 5.41 Å². The first kappa shape index (κ1) is 19.9. The van der Waals surface area contributed by atoms with Crippen LogP contribution in [0.3, 0.4) is 0 Å². The Labute approximate surface area is 148 Å². The second kappa shape index (κ2) is 7.84. The highest BCUT2D eigenvalue weighted by molar-refractivity contribution is 7.90. The van der Waals surface area contributed by atoms with E-state index < -0.39 is 12.3 Å². The van der Waals surface area contributed by atoms with E-state index in [2.05, 4.69) is 23.1 Å². The highest BCUT2D eigenvalue weighted by atomic mass is 32.2. The maximum atomic E-state index is 11.9. The normalized spacial score (nSPS) is 19.7. The highest BCUT2D eigenvalue weighted by Crippen LogP contribution is 2.51. The summed E-state index contributed by atoms with van der Waals surface area (Å²) in [4.78, 5) is 15.0. The van der Waals surface area contributed by atoms with E-state index >= 15 is 0 Å². The Morgan fingerprint density at radius 2 is 2.04 bits per heavy atom. The van der Waals surface area contributed by atoms with E-state index in [-0.39, 0.29) is 23.7 Å². The van der Waals surface area contributed by atoms with Crippen LogP contribution in [-0.4, -0.2) is 19.4 Å². The molecule has 25 heavy (non-hydrogen) atoms. The Bertz CT molecular complexity index is 618. The molecule has 0 bridgehead atoms. The molecule has 2 rings (SSSR count). The number of hydrogen-bond acceptors (Lipinski definition) is 6. The number of hydrogen-bond donors (Lipinski definition) is 0. The van der Waals surface area contributed by atoms with E-state index in [4.69, 9.17) is 8.92 Å². The summed E-state index contributed by atoms with van der Waals surface area (Å²) in [5, 5.41) is 0. The van der Waals surface area contributed by atoms with Gasteiger partial charge in [0.25, 0.3) is 12.3 Å². The van der Waals surface area contributed by atoms with Gasteiger partial charge in [0.15, 0.2) is 0 Å². The predicted molar refractivity (Wildman–Crippen MR) is 84.6 cm³/mol. The minimum atomic E-state index is -4.92. The first-order valence-corrected chi connectivity index (χ1v) is 8.29. The summed E-state index contributed by atoms with van der Waals surface area (Å²) in [6.07, 6.45) is -2.01. The summed E-state index contributed by atoms with van der Waals surface area (Å²) in [7, 11) is 1.28. The van der Waals surface area contributed by atoms with Crippen LogP contribution in [-0.2, 0) is 14.0 Å². The van der Waals surface area contributed by atoms with Crippen molar-refractivity contribution in [3.8, 4) is 5.75 Å². The van der Waals surface area contributed by atoms with Crippen LogP contribution in [0.2, 0.25) is 0 Å². The molecule has 0 unspecified atom stereocenters. The van der Waals surface area contributed by atoms with E-state index in [1.165, 1.54) is 19.2 Å². The van der Waals surface area contributed by atoms with Gasteiger partial charge in [-0.3, -0.25) is 0 Å². The number of alkyl halides is 3. The predicted octanol–water partition coefficient (Wildman–Crippen LogP) is 5.18. The van der Waals surface area contributed by atoms with Crippen LogP contribution in [0.1, 0.15) is 54.9 Å². The topological polar surface area (TPSA) is 54.0 Å². The lowest BCUT2D eigenvalue weighted by Crippen LogP contribution is -2.17. The minimum absolute atomic E-state index is 0.0269. The van der Waals surface area contributed by atoms with E-state index in [0.717, 1.165) is 24.8 Å². The number of benzene rings is 1. The summed E-state index contributed by atoms with van der Waals surface area (Å²) in [5.41, 5.74) is 1.06. The molecule has 5 nitrogen and oxygen atoms in total. The van der Waals surface area contributed by atoms with E-state index in [0.29, 0.717) is 11.3 Å². The van der Waals surface area contributed by atoms with Gasteiger partial charge in [0.05, 0.1) is 12.7 Å². The van der Waals surface area contributed by atoms with Crippen molar-refractivity contribution in [1.82, 2.24) is 0 Å². The third-order valence-electron chi connectivity index (χ3n) is 4.34. The third-order valence-corrected chi connectivity index (χ3v) is 4.71. The molecule has 0 amide bonds. The van der Waals surface area contributed by atoms with Crippen LogP contribution in [0.15, 0.2) is 18.2 Å². The van der Waals surface area contributed by atoms with Gasteiger partial charge in [0, 0.05) is 5.56 Å². The smallest absolute Gasteiger partial charge is 0.465 e. The maximum Gasteiger partial charge on any atom is 0.550 e. The Kier molecular flexibility index (Phi) is 6.23. The average Bonchev–Trinajstić information content (AvgIpc) is 2.89. The quantitative estimate of drug-likeness (QED) is 0.223. The number of carbonyl (C=O) groups excluding carboxylic acids is 1.